The Morgan fingerprint density at radius 3 is 2.48 bits per heavy atom. The molecule has 1 aromatic rings. The standard InChI is InChI=1S/C15H23ClFN3.HI/c1-6-18-14(20(4)5)19-10-15(2,3)12-8-7-11(17)9-13(12)16;/h7-9H,6,10H2,1-5H3,(H,18,19);1H. The summed E-state index contributed by atoms with van der Waals surface area (Å²) < 4.78 is 13.1. The lowest BCUT2D eigenvalue weighted by Crippen LogP contribution is -2.37. The molecule has 0 fully saturated rings. The fourth-order valence-corrected chi connectivity index (χ4v) is 2.33. The number of benzene rings is 1. The summed E-state index contributed by atoms with van der Waals surface area (Å²) in [4.78, 5) is 6.54. The van der Waals surface area contributed by atoms with Crippen LogP contribution in [0.15, 0.2) is 23.2 Å². The van der Waals surface area contributed by atoms with E-state index in [1.807, 2.05) is 25.9 Å². The van der Waals surface area contributed by atoms with Crippen molar-refractivity contribution in [3.8, 4) is 0 Å². The number of hydrogen-bond donors (Lipinski definition) is 1. The van der Waals surface area contributed by atoms with Gasteiger partial charge in [0.2, 0.25) is 0 Å². The van der Waals surface area contributed by atoms with Crippen LogP contribution in [0.1, 0.15) is 26.3 Å². The predicted octanol–water partition coefficient (Wildman–Crippen LogP) is 3.90. The van der Waals surface area contributed by atoms with Crippen LogP contribution in [0.3, 0.4) is 0 Å². The van der Waals surface area contributed by atoms with Crippen LogP contribution in [0.2, 0.25) is 5.02 Å². The molecule has 0 saturated heterocycles. The summed E-state index contributed by atoms with van der Waals surface area (Å²) in [5, 5.41) is 3.66. The van der Waals surface area contributed by atoms with Gasteiger partial charge in [0, 0.05) is 31.1 Å². The summed E-state index contributed by atoms with van der Waals surface area (Å²) in [5.74, 6) is 0.512. The molecule has 0 aliphatic carbocycles. The van der Waals surface area contributed by atoms with Crippen LogP contribution in [0, 0.1) is 5.82 Å². The zero-order valence-corrected chi connectivity index (χ0v) is 16.3. The van der Waals surface area contributed by atoms with Crippen molar-refractivity contribution in [3.05, 3.63) is 34.6 Å². The molecule has 0 atom stereocenters. The average Bonchev–Trinajstić information content (AvgIpc) is 2.33. The lowest BCUT2D eigenvalue weighted by atomic mass is 9.84. The van der Waals surface area contributed by atoms with E-state index in [9.17, 15) is 4.39 Å². The molecule has 0 amide bonds. The molecular formula is C15H24ClFIN3. The molecule has 0 aliphatic heterocycles. The minimum atomic E-state index is -0.320. The Hall–Kier alpha value is -0.560. The minimum Gasteiger partial charge on any atom is -0.357 e. The molecule has 3 nitrogen and oxygen atoms in total. The molecule has 0 aromatic heterocycles. The van der Waals surface area contributed by atoms with Crippen LogP contribution in [-0.4, -0.2) is 38.0 Å². The van der Waals surface area contributed by atoms with Gasteiger partial charge < -0.3 is 10.2 Å². The quantitative estimate of drug-likeness (QED) is 0.448. The van der Waals surface area contributed by atoms with E-state index < -0.39 is 0 Å². The SMILES string of the molecule is CCNC(=NCC(C)(C)c1ccc(F)cc1Cl)N(C)C.I. The maximum Gasteiger partial charge on any atom is 0.193 e. The molecule has 0 bridgehead atoms. The summed E-state index contributed by atoms with van der Waals surface area (Å²) in [6.07, 6.45) is 0. The first-order valence-corrected chi connectivity index (χ1v) is 7.07. The highest BCUT2D eigenvalue weighted by atomic mass is 127. The van der Waals surface area contributed by atoms with Gasteiger partial charge in [-0.15, -0.1) is 24.0 Å². The molecule has 0 radical (unpaired) electrons. The van der Waals surface area contributed by atoms with Gasteiger partial charge in [-0.1, -0.05) is 31.5 Å². The first kappa shape index (κ1) is 20.4. The van der Waals surface area contributed by atoms with Crippen molar-refractivity contribution < 1.29 is 4.39 Å². The Labute approximate surface area is 149 Å². The second-order valence-electron chi connectivity index (χ2n) is 5.57. The van der Waals surface area contributed by atoms with Crippen molar-refractivity contribution in [2.45, 2.75) is 26.2 Å². The molecule has 21 heavy (non-hydrogen) atoms. The van der Waals surface area contributed by atoms with Gasteiger partial charge in [0.1, 0.15) is 5.82 Å². The maximum absolute atomic E-state index is 13.1. The van der Waals surface area contributed by atoms with Gasteiger partial charge >= 0.3 is 0 Å². The van der Waals surface area contributed by atoms with Gasteiger partial charge in [0.25, 0.3) is 0 Å². The van der Waals surface area contributed by atoms with Crippen molar-refractivity contribution in [1.82, 2.24) is 10.2 Å². The molecule has 1 rings (SSSR count). The van der Waals surface area contributed by atoms with E-state index in [0.29, 0.717) is 11.6 Å². The van der Waals surface area contributed by atoms with Crippen molar-refractivity contribution in [3.63, 3.8) is 0 Å². The van der Waals surface area contributed by atoms with Gasteiger partial charge in [-0.2, -0.15) is 0 Å². The van der Waals surface area contributed by atoms with Crippen molar-refractivity contribution >= 4 is 41.5 Å². The topological polar surface area (TPSA) is 27.6 Å². The number of nitrogens with one attached hydrogen (secondary N) is 1. The number of rotatable bonds is 4. The number of aliphatic imine (C=N–C) groups is 1. The van der Waals surface area contributed by atoms with Gasteiger partial charge in [-0.25, -0.2) is 4.39 Å². The van der Waals surface area contributed by atoms with E-state index in [1.54, 1.807) is 6.07 Å². The first-order valence-electron chi connectivity index (χ1n) is 6.69. The molecule has 0 heterocycles. The largest absolute Gasteiger partial charge is 0.357 e. The maximum atomic E-state index is 13.1. The molecule has 0 saturated carbocycles. The third-order valence-electron chi connectivity index (χ3n) is 3.04. The van der Waals surface area contributed by atoms with E-state index >= 15 is 0 Å². The average molecular weight is 428 g/mol. The van der Waals surface area contributed by atoms with Crippen LogP contribution in [0.4, 0.5) is 4.39 Å². The van der Waals surface area contributed by atoms with Gasteiger partial charge in [-0.3, -0.25) is 4.99 Å². The van der Waals surface area contributed by atoms with Crippen LogP contribution >= 0.6 is 35.6 Å². The monoisotopic (exact) mass is 427 g/mol. The van der Waals surface area contributed by atoms with Crippen LogP contribution in [0.5, 0.6) is 0 Å². The highest BCUT2D eigenvalue weighted by Gasteiger charge is 2.23. The third kappa shape index (κ3) is 5.98. The molecule has 1 aromatic carbocycles. The second kappa shape index (κ2) is 8.78. The van der Waals surface area contributed by atoms with E-state index in [-0.39, 0.29) is 35.2 Å². The molecule has 0 spiro atoms. The summed E-state index contributed by atoms with van der Waals surface area (Å²) in [5.41, 5.74) is 0.639. The first-order chi connectivity index (χ1) is 9.27. The molecular weight excluding hydrogens is 404 g/mol. The fourth-order valence-electron chi connectivity index (χ4n) is 1.91. The third-order valence-corrected chi connectivity index (χ3v) is 3.36. The molecule has 120 valence electrons. The second-order valence-corrected chi connectivity index (χ2v) is 5.98. The Bertz CT molecular complexity index is 490. The number of nitrogens with zero attached hydrogens (tertiary/aromatic N) is 2. The summed E-state index contributed by atoms with van der Waals surface area (Å²) in [6, 6.07) is 4.51. The van der Waals surface area contributed by atoms with Crippen LogP contribution < -0.4 is 5.32 Å². The summed E-state index contributed by atoms with van der Waals surface area (Å²) in [6.45, 7) is 7.51. The van der Waals surface area contributed by atoms with Crippen molar-refractivity contribution in [2.75, 3.05) is 27.2 Å². The lowest BCUT2D eigenvalue weighted by molar-refractivity contribution is 0.520. The Balaban J connectivity index is 0.00000400. The minimum absolute atomic E-state index is 0. The Kier molecular flexibility index (Phi) is 8.54. The fraction of sp³-hybridized carbons (Fsp3) is 0.533. The normalized spacial score (nSPS) is 11.9. The predicted molar refractivity (Wildman–Crippen MR) is 99.5 cm³/mol. The zero-order chi connectivity index (χ0) is 15.3. The summed E-state index contributed by atoms with van der Waals surface area (Å²) >= 11 is 6.14. The smallest absolute Gasteiger partial charge is 0.193 e. The number of hydrogen-bond acceptors (Lipinski definition) is 1. The highest BCUT2D eigenvalue weighted by molar-refractivity contribution is 14.0. The molecule has 0 aliphatic rings. The van der Waals surface area contributed by atoms with Gasteiger partial charge in [-0.05, 0) is 24.6 Å². The van der Waals surface area contributed by atoms with Crippen molar-refractivity contribution in [2.24, 2.45) is 4.99 Å². The van der Waals surface area contributed by atoms with E-state index in [0.717, 1.165) is 18.1 Å². The van der Waals surface area contributed by atoms with E-state index in [1.165, 1.54) is 12.1 Å². The Morgan fingerprint density at radius 1 is 1.38 bits per heavy atom. The summed E-state index contributed by atoms with van der Waals surface area (Å²) in [7, 11) is 3.89. The van der Waals surface area contributed by atoms with Gasteiger partial charge in [0.05, 0.1) is 6.54 Å². The van der Waals surface area contributed by atoms with Crippen LogP contribution in [0.25, 0.3) is 0 Å². The number of guanidine groups is 1. The zero-order valence-electron chi connectivity index (χ0n) is 13.2. The molecule has 1 N–H and O–H groups in total. The lowest BCUT2D eigenvalue weighted by Gasteiger charge is -2.26. The van der Waals surface area contributed by atoms with Crippen LogP contribution in [-0.2, 0) is 5.41 Å². The molecule has 6 heteroatoms. The molecule has 0 unspecified atom stereocenters. The van der Waals surface area contributed by atoms with Gasteiger partial charge in [0.15, 0.2) is 5.96 Å². The van der Waals surface area contributed by atoms with Crippen molar-refractivity contribution in [1.29, 1.82) is 0 Å². The Morgan fingerprint density at radius 2 is 2.00 bits per heavy atom. The van der Waals surface area contributed by atoms with E-state index in [2.05, 4.69) is 24.2 Å². The van der Waals surface area contributed by atoms with E-state index in [4.69, 9.17) is 11.6 Å². The number of halogens is 3. The highest BCUT2D eigenvalue weighted by Crippen LogP contribution is 2.30.